The van der Waals surface area contributed by atoms with E-state index in [-0.39, 0.29) is 4.83 Å². The number of hydrogen-bond donors (Lipinski definition) is 0. The largest absolute Gasteiger partial charge is 0.127 e. The topological polar surface area (TPSA) is 0 Å². The zero-order valence-corrected chi connectivity index (χ0v) is 13.0. The molecule has 0 saturated carbocycles. The van der Waals surface area contributed by atoms with Crippen LogP contribution in [0.4, 0.5) is 0 Å². The number of aryl methyl sites for hydroxylation is 2. The number of hydrogen-bond acceptors (Lipinski definition) is 1. The minimum atomic E-state index is 0.245. The Morgan fingerprint density at radius 1 is 1.35 bits per heavy atom. The average Bonchev–Trinajstić information content (AvgIpc) is 2.68. The fourth-order valence-corrected chi connectivity index (χ4v) is 3.94. The summed E-state index contributed by atoms with van der Waals surface area (Å²) in [6, 6.07) is 10.7. The van der Waals surface area contributed by atoms with Crippen molar-refractivity contribution in [2.45, 2.75) is 25.1 Å². The first kappa shape index (κ1) is 13.1. The number of thiophene rings is 1. The van der Waals surface area contributed by atoms with Crippen LogP contribution in [0.5, 0.6) is 0 Å². The second kappa shape index (κ2) is 5.55. The lowest BCUT2D eigenvalue weighted by Gasteiger charge is -2.12. The molecule has 1 unspecified atom stereocenters. The van der Waals surface area contributed by atoms with Gasteiger partial charge in [0.2, 0.25) is 0 Å². The van der Waals surface area contributed by atoms with Crippen LogP contribution in [0.1, 0.15) is 33.3 Å². The predicted molar refractivity (Wildman–Crippen MR) is 80.7 cm³/mol. The lowest BCUT2D eigenvalue weighted by Crippen LogP contribution is -1.95. The molecule has 0 fully saturated rings. The summed E-state index contributed by atoms with van der Waals surface area (Å²) < 4.78 is 0.887. The molecule has 0 amide bonds. The molecule has 1 aromatic carbocycles. The molecule has 0 bridgehead atoms. The third kappa shape index (κ3) is 2.75. The van der Waals surface area contributed by atoms with Crippen LogP contribution in [0.15, 0.2) is 30.3 Å². The SMILES string of the molecule is CCc1ccccc1C(Br)c1cc(C)c(Cl)s1. The van der Waals surface area contributed by atoms with Crippen molar-refractivity contribution in [3.8, 4) is 0 Å². The lowest BCUT2D eigenvalue weighted by atomic mass is 10.0. The Balaban J connectivity index is 2.39. The van der Waals surface area contributed by atoms with Crippen LogP contribution >= 0.6 is 38.9 Å². The highest BCUT2D eigenvalue weighted by atomic mass is 79.9. The van der Waals surface area contributed by atoms with Gasteiger partial charge in [-0.05, 0) is 36.1 Å². The van der Waals surface area contributed by atoms with Gasteiger partial charge >= 0.3 is 0 Å². The minimum Gasteiger partial charge on any atom is -0.127 e. The maximum absolute atomic E-state index is 6.13. The van der Waals surface area contributed by atoms with Gasteiger partial charge in [0.05, 0.1) is 9.16 Å². The van der Waals surface area contributed by atoms with Gasteiger partial charge in [0.25, 0.3) is 0 Å². The highest BCUT2D eigenvalue weighted by Crippen LogP contribution is 2.40. The van der Waals surface area contributed by atoms with Crippen LogP contribution < -0.4 is 0 Å². The van der Waals surface area contributed by atoms with Gasteiger partial charge in [-0.3, -0.25) is 0 Å². The van der Waals surface area contributed by atoms with Gasteiger partial charge in [0, 0.05) is 4.88 Å². The van der Waals surface area contributed by atoms with Gasteiger partial charge in [0.1, 0.15) is 0 Å². The molecular weight excluding hydrogens is 316 g/mol. The molecule has 2 rings (SSSR count). The molecule has 90 valence electrons. The molecule has 1 atom stereocenters. The smallest absolute Gasteiger partial charge is 0.0960 e. The highest BCUT2D eigenvalue weighted by Gasteiger charge is 2.16. The van der Waals surface area contributed by atoms with Gasteiger partial charge in [-0.25, -0.2) is 0 Å². The van der Waals surface area contributed by atoms with Gasteiger partial charge < -0.3 is 0 Å². The van der Waals surface area contributed by atoms with Gasteiger partial charge in [-0.2, -0.15) is 0 Å². The Hall–Kier alpha value is -0.310. The average molecular weight is 330 g/mol. The Bertz CT molecular complexity index is 499. The quantitative estimate of drug-likeness (QED) is 0.628. The van der Waals surface area contributed by atoms with Crippen molar-refractivity contribution in [2.75, 3.05) is 0 Å². The monoisotopic (exact) mass is 328 g/mol. The summed E-state index contributed by atoms with van der Waals surface area (Å²) in [5, 5.41) is 0. The van der Waals surface area contributed by atoms with Crippen molar-refractivity contribution in [3.05, 3.63) is 56.2 Å². The maximum atomic E-state index is 6.13. The molecule has 1 aromatic heterocycles. The maximum Gasteiger partial charge on any atom is 0.0960 e. The Morgan fingerprint density at radius 3 is 2.65 bits per heavy atom. The first-order valence-corrected chi connectivity index (χ1v) is 7.72. The molecule has 17 heavy (non-hydrogen) atoms. The second-order valence-corrected chi connectivity index (χ2v) is 6.62. The van der Waals surface area contributed by atoms with Crippen LogP contribution in [0.2, 0.25) is 4.34 Å². The van der Waals surface area contributed by atoms with Crippen molar-refractivity contribution in [3.63, 3.8) is 0 Å². The molecule has 0 saturated heterocycles. The third-order valence-corrected chi connectivity index (χ3v) is 5.74. The van der Waals surface area contributed by atoms with Crippen molar-refractivity contribution in [1.82, 2.24) is 0 Å². The first-order valence-electron chi connectivity index (χ1n) is 5.61. The van der Waals surface area contributed by atoms with Gasteiger partial charge in [-0.1, -0.05) is 58.7 Å². The van der Waals surface area contributed by atoms with E-state index in [1.165, 1.54) is 16.0 Å². The van der Waals surface area contributed by atoms with E-state index in [4.69, 9.17) is 11.6 Å². The standard InChI is InChI=1S/C14H14BrClS/c1-3-10-6-4-5-7-11(10)13(15)12-8-9(2)14(16)17-12/h4-8,13H,3H2,1-2H3. The zero-order chi connectivity index (χ0) is 12.4. The van der Waals surface area contributed by atoms with E-state index in [2.05, 4.69) is 53.2 Å². The summed E-state index contributed by atoms with van der Waals surface area (Å²) in [5.74, 6) is 0. The number of halogens is 2. The Morgan fingerprint density at radius 2 is 2.06 bits per heavy atom. The van der Waals surface area contributed by atoms with Crippen LogP contribution in [-0.4, -0.2) is 0 Å². The fraction of sp³-hybridized carbons (Fsp3) is 0.286. The van der Waals surface area contributed by atoms with E-state index in [1.807, 2.05) is 6.92 Å². The Labute approximate surface area is 120 Å². The van der Waals surface area contributed by atoms with Gasteiger partial charge in [-0.15, -0.1) is 11.3 Å². The molecular formula is C14H14BrClS. The summed E-state index contributed by atoms with van der Waals surface area (Å²) in [4.78, 5) is 1.52. The van der Waals surface area contributed by atoms with Crippen LogP contribution in [0.25, 0.3) is 0 Å². The third-order valence-electron chi connectivity index (χ3n) is 2.84. The second-order valence-electron chi connectivity index (χ2n) is 4.02. The molecule has 0 aliphatic carbocycles. The Kier molecular flexibility index (Phi) is 4.29. The number of alkyl halides is 1. The molecule has 2 aromatic rings. The molecule has 0 spiro atoms. The van der Waals surface area contributed by atoms with Crippen LogP contribution in [0, 0.1) is 6.92 Å². The number of benzene rings is 1. The molecule has 1 heterocycles. The van der Waals surface area contributed by atoms with Crippen molar-refractivity contribution >= 4 is 38.9 Å². The van der Waals surface area contributed by atoms with E-state index in [1.54, 1.807) is 11.3 Å². The van der Waals surface area contributed by atoms with E-state index in [9.17, 15) is 0 Å². The molecule has 0 nitrogen and oxygen atoms in total. The van der Waals surface area contributed by atoms with E-state index >= 15 is 0 Å². The van der Waals surface area contributed by atoms with Crippen LogP contribution in [-0.2, 0) is 6.42 Å². The van der Waals surface area contributed by atoms with Crippen molar-refractivity contribution in [2.24, 2.45) is 0 Å². The zero-order valence-electron chi connectivity index (χ0n) is 9.84. The summed E-state index contributed by atoms with van der Waals surface area (Å²) >= 11 is 11.6. The molecule has 0 N–H and O–H groups in total. The summed E-state index contributed by atoms with van der Waals surface area (Å²) in [6.07, 6.45) is 1.05. The molecule has 0 radical (unpaired) electrons. The molecule has 0 aliphatic rings. The fourth-order valence-electron chi connectivity index (χ4n) is 1.87. The molecule has 0 aliphatic heterocycles. The normalized spacial score (nSPS) is 12.7. The first-order chi connectivity index (χ1) is 8.13. The van der Waals surface area contributed by atoms with Crippen LogP contribution in [0.3, 0.4) is 0 Å². The predicted octanol–water partition coefficient (Wildman–Crippen LogP) is 5.76. The van der Waals surface area contributed by atoms with Crippen molar-refractivity contribution in [1.29, 1.82) is 0 Å². The van der Waals surface area contributed by atoms with Gasteiger partial charge in [0.15, 0.2) is 0 Å². The van der Waals surface area contributed by atoms with E-state index in [0.717, 1.165) is 16.3 Å². The van der Waals surface area contributed by atoms with E-state index < -0.39 is 0 Å². The number of rotatable bonds is 3. The van der Waals surface area contributed by atoms with Crippen molar-refractivity contribution < 1.29 is 0 Å². The minimum absolute atomic E-state index is 0.245. The molecule has 3 heteroatoms. The summed E-state index contributed by atoms with van der Waals surface area (Å²) in [5.41, 5.74) is 3.88. The highest BCUT2D eigenvalue weighted by molar-refractivity contribution is 9.09. The summed E-state index contributed by atoms with van der Waals surface area (Å²) in [7, 11) is 0. The summed E-state index contributed by atoms with van der Waals surface area (Å²) in [6.45, 7) is 4.24. The van der Waals surface area contributed by atoms with E-state index in [0.29, 0.717) is 0 Å². The lowest BCUT2D eigenvalue weighted by molar-refractivity contribution is 1.07.